The number of nitrogens with zero attached hydrogens (tertiary/aromatic N) is 2. The summed E-state index contributed by atoms with van der Waals surface area (Å²) >= 11 is 3.63. The van der Waals surface area contributed by atoms with E-state index in [9.17, 15) is 9.59 Å². The molecule has 3 N–H and O–H groups in total. The van der Waals surface area contributed by atoms with Gasteiger partial charge in [0, 0.05) is 67.3 Å². The van der Waals surface area contributed by atoms with E-state index in [1.807, 2.05) is 18.2 Å². The Morgan fingerprint density at radius 3 is 2.70 bits per heavy atom. The molecule has 0 spiro atoms. The summed E-state index contributed by atoms with van der Waals surface area (Å²) in [5.41, 5.74) is 5.80. The fourth-order valence-corrected chi connectivity index (χ4v) is 5.49. The predicted molar refractivity (Wildman–Crippen MR) is 136 cm³/mol. The number of piperazine rings is 1. The van der Waals surface area contributed by atoms with Crippen LogP contribution in [-0.2, 0) is 13.0 Å². The number of carbonyl (C=O) groups is 1. The zero-order valence-electron chi connectivity index (χ0n) is 18.7. The first-order valence-electron chi connectivity index (χ1n) is 11.4. The van der Waals surface area contributed by atoms with Crippen LogP contribution in [0.25, 0.3) is 10.9 Å². The van der Waals surface area contributed by atoms with Crippen LogP contribution in [0.5, 0.6) is 0 Å². The van der Waals surface area contributed by atoms with Crippen LogP contribution in [0.3, 0.4) is 0 Å². The highest BCUT2D eigenvalue weighted by atomic mass is 79.9. The van der Waals surface area contributed by atoms with Gasteiger partial charge in [0.1, 0.15) is 0 Å². The molecule has 1 aromatic heterocycles. The van der Waals surface area contributed by atoms with E-state index in [-0.39, 0.29) is 11.5 Å². The molecule has 2 aliphatic rings. The average Bonchev–Trinajstić information content (AvgIpc) is 2.84. The van der Waals surface area contributed by atoms with Crippen molar-refractivity contribution in [3.8, 4) is 0 Å². The fraction of sp³-hybridized carbons (Fsp3) is 0.360. The number of H-pyrrole nitrogens is 1. The number of benzene rings is 2. The molecular weight excluding hydrogens is 482 g/mol. The third kappa shape index (κ3) is 4.37. The number of rotatable bonds is 4. The van der Waals surface area contributed by atoms with Gasteiger partial charge in [0.15, 0.2) is 0 Å². The van der Waals surface area contributed by atoms with Crippen molar-refractivity contribution in [2.45, 2.75) is 19.4 Å². The van der Waals surface area contributed by atoms with Crippen LogP contribution in [0.1, 0.15) is 27.9 Å². The van der Waals surface area contributed by atoms with E-state index in [2.05, 4.69) is 59.5 Å². The molecule has 1 fully saturated rings. The summed E-state index contributed by atoms with van der Waals surface area (Å²) in [6.07, 6.45) is 1.84. The Morgan fingerprint density at radius 2 is 1.94 bits per heavy atom. The van der Waals surface area contributed by atoms with Crippen molar-refractivity contribution in [2.24, 2.45) is 0 Å². The second-order valence-electron chi connectivity index (χ2n) is 8.73. The lowest BCUT2D eigenvalue weighted by molar-refractivity contribution is 0.0963. The van der Waals surface area contributed by atoms with Gasteiger partial charge in [-0.15, -0.1) is 0 Å². The summed E-state index contributed by atoms with van der Waals surface area (Å²) in [5, 5.41) is 7.19. The molecule has 8 heteroatoms. The Balaban J connectivity index is 1.27. The Hall–Kier alpha value is -2.84. The second kappa shape index (κ2) is 9.19. The van der Waals surface area contributed by atoms with Crippen molar-refractivity contribution in [3.05, 3.63) is 67.9 Å². The molecule has 0 radical (unpaired) electrons. The molecule has 2 aromatic carbocycles. The Bertz CT molecular complexity index is 1260. The van der Waals surface area contributed by atoms with Gasteiger partial charge in [-0.2, -0.15) is 0 Å². The average molecular weight is 510 g/mol. The van der Waals surface area contributed by atoms with Gasteiger partial charge in [0.05, 0.1) is 16.9 Å². The van der Waals surface area contributed by atoms with Gasteiger partial charge in [0.25, 0.3) is 11.5 Å². The van der Waals surface area contributed by atoms with Crippen molar-refractivity contribution in [3.63, 3.8) is 0 Å². The highest BCUT2D eigenvalue weighted by Gasteiger charge is 2.21. The molecule has 5 rings (SSSR count). The van der Waals surface area contributed by atoms with E-state index in [4.69, 9.17) is 0 Å². The minimum atomic E-state index is -0.0832. The highest BCUT2D eigenvalue weighted by Crippen LogP contribution is 2.30. The van der Waals surface area contributed by atoms with E-state index >= 15 is 0 Å². The number of hydrogen-bond acceptors (Lipinski definition) is 5. The van der Waals surface area contributed by atoms with Crippen LogP contribution in [0.15, 0.2) is 45.7 Å². The molecule has 0 saturated carbocycles. The van der Waals surface area contributed by atoms with Gasteiger partial charge in [-0.05, 0) is 58.6 Å². The summed E-state index contributed by atoms with van der Waals surface area (Å²) in [6, 6.07) is 12.2. The standard InChI is InChI=1S/C25H28BrN5O2/c1-27-24(32)17-5-7-22(20(26)14-17)31-11-9-30(10-12-31)15-16-4-6-18-21(13-16)29-25(33)19-3-2-8-28-23(18)19/h4-7,13-14,28H,2-3,8-12,15H2,1H3,(H,27,32)(H,29,33). The minimum absolute atomic E-state index is 0.0310. The maximum absolute atomic E-state index is 12.5. The maximum Gasteiger partial charge on any atom is 0.253 e. The summed E-state index contributed by atoms with van der Waals surface area (Å²) in [4.78, 5) is 32.3. The Labute approximate surface area is 201 Å². The third-order valence-corrected chi connectivity index (χ3v) is 7.27. The number of nitrogens with one attached hydrogen (secondary N) is 3. The molecule has 7 nitrogen and oxygen atoms in total. The van der Waals surface area contributed by atoms with Crippen molar-refractivity contribution in [1.82, 2.24) is 15.2 Å². The van der Waals surface area contributed by atoms with E-state index < -0.39 is 0 Å². The molecule has 2 aliphatic heterocycles. The summed E-state index contributed by atoms with van der Waals surface area (Å²) in [5.74, 6) is -0.0832. The quantitative estimate of drug-likeness (QED) is 0.502. The monoisotopic (exact) mass is 509 g/mol. The molecular formula is C25H28BrN5O2. The van der Waals surface area contributed by atoms with Crippen LogP contribution in [0.2, 0.25) is 0 Å². The SMILES string of the molecule is CNC(=O)c1ccc(N2CCN(Cc3ccc4c5c(c(=O)[nH]c4c3)CCCN5)CC2)c(Br)c1. The largest absolute Gasteiger partial charge is 0.384 e. The molecule has 0 aliphatic carbocycles. The first-order valence-corrected chi connectivity index (χ1v) is 12.2. The normalized spacial score (nSPS) is 16.4. The zero-order chi connectivity index (χ0) is 22.9. The summed E-state index contributed by atoms with van der Waals surface area (Å²) in [7, 11) is 1.64. The fourth-order valence-electron chi connectivity index (χ4n) is 4.86. The summed E-state index contributed by atoms with van der Waals surface area (Å²) in [6.45, 7) is 5.50. The van der Waals surface area contributed by atoms with E-state index in [1.54, 1.807) is 7.05 Å². The predicted octanol–water partition coefficient (Wildman–Crippen LogP) is 3.33. The van der Waals surface area contributed by atoms with Gasteiger partial charge in [-0.1, -0.05) is 12.1 Å². The van der Waals surface area contributed by atoms with E-state index in [0.29, 0.717) is 5.56 Å². The Morgan fingerprint density at radius 1 is 1.12 bits per heavy atom. The van der Waals surface area contributed by atoms with Gasteiger partial charge in [0.2, 0.25) is 0 Å². The molecule has 0 bridgehead atoms. The molecule has 0 atom stereocenters. The van der Waals surface area contributed by atoms with Crippen LogP contribution in [-0.4, -0.2) is 55.6 Å². The number of carbonyl (C=O) groups excluding carboxylic acids is 1. The first kappa shape index (κ1) is 22.0. The molecule has 172 valence electrons. The minimum Gasteiger partial charge on any atom is -0.384 e. The number of pyridine rings is 1. The molecule has 1 saturated heterocycles. The smallest absolute Gasteiger partial charge is 0.253 e. The molecule has 3 heterocycles. The summed E-state index contributed by atoms with van der Waals surface area (Å²) < 4.78 is 0.937. The number of amides is 1. The molecule has 33 heavy (non-hydrogen) atoms. The third-order valence-electron chi connectivity index (χ3n) is 6.64. The van der Waals surface area contributed by atoms with Gasteiger partial charge in [-0.3, -0.25) is 14.5 Å². The van der Waals surface area contributed by atoms with Crippen LogP contribution in [0.4, 0.5) is 11.4 Å². The van der Waals surface area contributed by atoms with E-state index in [0.717, 1.165) is 84.4 Å². The van der Waals surface area contributed by atoms with Crippen LogP contribution < -0.4 is 21.1 Å². The lowest BCUT2D eigenvalue weighted by atomic mass is 10.0. The zero-order valence-corrected chi connectivity index (χ0v) is 20.3. The van der Waals surface area contributed by atoms with Crippen molar-refractivity contribution in [2.75, 3.05) is 50.0 Å². The number of anilines is 2. The first-order chi connectivity index (χ1) is 16.0. The maximum atomic E-state index is 12.5. The van der Waals surface area contributed by atoms with E-state index in [1.165, 1.54) is 5.56 Å². The second-order valence-corrected chi connectivity index (χ2v) is 9.58. The highest BCUT2D eigenvalue weighted by molar-refractivity contribution is 9.10. The van der Waals surface area contributed by atoms with Gasteiger partial charge >= 0.3 is 0 Å². The topological polar surface area (TPSA) is 80.5 Å². The molecule has 3 aromatic rings. The van der Waals surface area contributed by atoms with Gasteiger partial charge < -0.3 is 20.5 Å². The molecule has 1 amide bonds. The lowest BCUT2D eigenvalue weighted by Crippen LogP contribution is -2.46. The van der Waals surface area contributed by atoms with Crippen LogP contribution in [0, 0.1) is 0 Å². The number of fused-ring (bicyclic) bond motifs is 3. The van der Waals surface area contributed by atoms with Crippen LogP contribution >= 0.6 is 15.9 Å². The number of aromatic amines is 1. The lowest BCUT2D eigenvalue weighted by Gasteiger charge is -2.36. The van der Waals surface area contributed by atoms with Crippen molar-refractivity contribution in [1.29, 1.82) is 0 Å². The number of halogens is 1. The van der Waals surface area contributed by atoms with Crippen molar-refractivity contribution >= 4 is 44.1 Å². The van der Waals surface area contributed by atoms with Gasteiger partial charge in [-0.25, -0.2) is 0 Å². The number of aromatic nitrogens is 1. The Kier molecular flexibility index (Phi) is 6.12. The molecule has 0 unspecified atom stereocenters. The van der Waals surface area contributed by atoms with Crippen molar-refractivity contribution < 1.29 is 4.79 Å². The number of hydrogen-bond donors (Lipinski definition) is 3.